The number of methoxy groups -OCH3 is 1. The van der Waals surface area contributed by atoms with Crippen LogP contribution in [-0.2, 0) is 4.74 Å². The molecule has 3 unspecified atom stereocenters. The van der Waals surface area contributed by atoms with Gasteiger partial charge in [-0.15, -0.1) is 0 Å². The van der Waals surface area contributed by atoms with E-state index in [-0.39, 0.29) is 0 Å². The molecule has 0 fully saturated rings. The molecule has 0 rings (SSSR count). The second-order valence-electron chi connectivity index (χ2n) is 5.87. The fourth-order valence-electron chi connectivity index (χ4n) is 2.73. The lowest BCUT2D eigenvalue weighted by atomic mass is 9.28. The number of nitrogens with two attached hydrogens (primary N) is 1. The van der Waals surface area contributed by atoms with Crippen molar-refractivity contribution in [2.24, 2.45) is 5.73 Å². The molecule has 0 spiro atoms. The van der Waals surface area contributed by atoms with Crippen molar-refractivity contribution in [1.29, 1.82) is 0 Å². The highest BCUT2D eigenvalue weighted by molar-refractivity contribution is 6.63. The van der Waals surface area contributed by atoms with Crippen LogP contribution in [0.5, 0.6) is 0 Å². The normalized spacial score (nSPS) is 15.2. The molecule has 0 heterocycles. The van der Waals surface area contributed by atoms with Gasteiger partial charge < -0.3 is 10.5 Å². The molecule has 0 aromatic rings. The number of rotatable bonds is 9. The Hall–Kier alpha value is -0.0151. The van der Waals surface area contributed by atoms with Gasteiger partial charge in [0.2, 0.25) is 0 Å². The summed E-state index contributed by atoms with van der Waals surface area (Å²) < 4.78 is 4.70. The van der Waals surface area contributed by atoms with Crippen molar-refractivity contribution >= 4 is 6.71 Å². The Morgan fingerprint density at radius 1 is 0.895 bits per heavy atom. The van der Waals surface area contributed by atoms with E-state index in [2.05, 4.69) is 41.5 Å². The molecule has 3 heteroatoms. The average molecular weight is 271 g/mol. The van der Waals surface area contributed by atoms with Crippen LogP contribution in [0.4, 0.5) is 0 Å². The Balaban J connectivity index is 0. The Kier molecular flexibility index (Phi) is 16.1. The summed E-state index contributed by atoms with van der Waals surface area (Å²) in [6.45, 7) is 16.7. The van der Waals surface area contributed by atoms with Crippen molar-refractivity contribution in [2.45, 2.75) is 84.7 Å². The zero-order valence-electron chi connectivity index (χ0n) is 14.5. The molecule has 0 bridgehead atoms. The van der Waals surface area contributed by atoms with Gasteiger partial charge in [0.15, 0.2) is 0 Å². The molecule has 0 aromatic carbocycles. The fraction of sp³-hybridized carbons (Fsp3) is 1.00. The van der Waals surface area contributed by atoms with Crippen molar-refractivity contribution in [1.82, 2.24) is 0 Å². The molecule has 0 aliphatic carbocycles. The van der Waals surface area contributed by atoms with Crippen LogP contribution in [0.1, 0.15) is 67.2 Å². The van der Waals surface area contributed by atoms with Gasteiger partial charge in [0.1, 0.15) is 6.71 Å². The predicted molar refractivity (Wildman–Crippen MR) is 90.4 cm³/mol. The summed E-state index contributed by atoms with van der Waals surface area (Å²) >= 11 is 0. The van der Waals surface area contributed by atoms with Crippen molar-refractivity contribution in [3.63, 3.8) is 0 Å². The SMILES string of the molecule is CCC(C)B(C(C)CC)C(C)CC.COCCCN. The van der Waals surface area contributed by atoms with Crippen LogP contribution in [0.2, 0.25) is 17.5 Å². The minimum Gasteiger partial charge on any atom is -0.385 e. The van der Waals surface area contributed by atoms with Gasteiger partial charge in [-0.25, -0.2) is 0 Å². The smallest absolute Gasteiger partial charge is 0.148 e. The molecular formula is C16H38BNO. The van der Waals surface area contributed by atoms with E-state index in [0.717, 1.165) is 43.7 Å². The first-order valence-corrected chi connectivity index (χ1v) is 8.18. The topological polar surface area (TPSA) is 35.2 Å². The molecule has 2 nitrogen and oxygen atoms in total. The van der Waals surface area contributed by atoms with Crippen LogP contribution < -0.4 is 5.73 Å². The molecule has 19 heavy (non-hydrogen) atoms. The summed E-state index contributed by atoms with van der Waals surface area (Å²) in [5.74, 6) is 2.68. The quantitative estimate of drug-likeness (QED) is 0.480. The summed E-state index contributed by atoms with van der Waals surface area (Å²) in [5.41, 5.74) is 5.13. The summed E-state index contributed by atoms with van der Waals surface area (Å²) in [7, 11) is 1.68. The molecule has 0 aliphatic heterocycles. The summed E-state index contributed by atoms with van der Waals surface area (Å²) in [6, 6.07) is 0. The van der Waals surface area contributed by atoms with E-state index in [1.165, 1.54) is 19.3 Å². The molecule has 0 radical (unpaired) electrons. The number of hydrogen-bond donors (Lipinski definition) is 1. The minimum atomic E-state index is 0.730. The van der Waals surface area contributed by atoms with Gasteiger partial charge in [0.05, 0.1) is 0 Å². The van der Waals surface area contributed by atoms with Gasteiger partial charge in [0.25, 0.3) is 0 Å². The van der Waals surface area contributed by atoms with Crippen LogP contribution in [0.3, 0.4) is 0 Å². The Labute approximate surface area is 122 Å². The van der Waals surface area contributed by atoms with E-state index in [9.17, 15) is 0 Å². The fourth-order valence-corrected chi connectivity index (χ4v) is 2.73. The molecule has 0 saturated heterocycles. The minimum absolute atomic E-state index is 0.730. The highest BCUT2D eigenvalue weighted by Gasteiger charge is 2.29. The van der Waals surface area contributed by atoms with Crippen LogP contribution >= 0.6 is 0 Å². The van der Waals surface area contributed by atoms with E-state index in [4.69, 9.17) is 10.5 Å². The number of hydrogen-bond acceptors (Lipinski definition) is 2. The first-order valence-electron chi connectivity index (χ1n) is 8.18. The summed E-state index contributed by atoms with van der Waals surface area (Å²) in [4.78, 5) is 0. The largest absolute Gasteiger partial charge is 0.385 e. The Bertz CT molecular complexity index is 150. The van der Waals surface area contributed by atoms with E-state index in [1.807, 2.05) is 0 Å². The second-order valence-corrected chi connectivity index (χ2v) is 5.87. The van der Waals surface area contributed by atoms with Gasteiger partial charge in [0, 0.05) is 13.7 Å². The Morgan fingerprint density at radius 2 is 1.26 bits per heavy atom. The van der Waals surface area contributed by atoms with E-state index in [1.54, 1.807) is 7.11 Å². The van der Waals surface area contributed by atoms with Gasteiger partial charge in [-0.2, -0.15) is 0 Å². The Morgan fingerprint density at radius 3 is 1.42 bits per heavy atom. The third-order valence-corrected chi connectivity index (χ3v) is 4.46. The number of ether oxygens (including phenoxy) is 1. The van der Waals surface area contributed by atoms with Crippen LogP contribution in [0.15, 0.2) is 0 Å². The molecule has 0 aliphatic rings. The van der Waals surface area contributed by atoms with E-state index >= 15 is 0 Å². The third-order valence-electron chi connectivity index (χ3n) is 4.46. The van der Waals surface area contributed by atoms with Crippen molar-refractivity contribution in [3.8, 4) is 0 Å². The molecule has 2 N–H and O–H groups in total. The monoisotopic (exact) mass is 271 g/mol. The molecular weight excluding hydrogens is 233 g/mol. The zero-order valence-corrected chi connectivity index (χ0v) is 14.5. The van der Waals surface area contributed by atoms with E-state index in [0.29, 0.717) is 0 Å². The first-order chi connectivity index (χ1) is 8.99. The molecule has 116 valence electrons. The van der Waals surface area contributed by atoms with Crippen molar-refractivity contribution in [2.75, 3.05) is 20.3 Å². The van der Waals surface area contributed by atoms with Crippen LogP contribution in [0.25, 0.3) is 0 Å². The average Bonchev–Trinajstić information content (AvgIpc) is 2.44. The lowest BCUT2D eigenvalue weighted by Crippen LogP contribution is -2.28. The lowest BCUT2D eigenvalue weighted by molar-refractivity contribution is 0.197. The lowest BCUT2D eigenvalue weighted by Gasteiger charge is -2.30. The molecule has 0 aromatic heterocycles. The first kappa shape index (κ1) is 21.3. The standard InChI is InChI=1S/C12H27B.C4H11NO/c1-7-10(4)13(11(5)8-2)12(6)9-3;1-6-4-2-3-5/h10-12H,7-9H2,1-6H3;2-5H2,1H3. The molecule has 0 saturated carbocycles. The maximum Gasteiger partial charge on any atom is 0.148 e. The van der Waals surface area contributed by atoms with Crippen molar-refractivity contribution in [3.05, 3.63) is 0 Å². The van der Waals surface area contributed by atoms with Crippen molar-refractivity contribution < 1.29 is 4.74 Å². The maximum absolute atomic E-state index is 5.13. The molecule has 3 atom stereocenters. The zero-order chi connectivity index (χ0) is 15.3. The second kappa shape index (κ2) is 14.4. The van der Waals surface area contributed by atoms with E-state index < -0.39 is 0 Å². The summed E-state index contributed by atoms with van der Waals surface area (Å²) in [6.07, 6.45) is 4.97. The third kappa shape index (κ3) is 10.4. The highest BCUT2D eigenvalue weighted by Crippen LogP contribution is 2.35. The maximum atomic E-state index is 5.13. The predicted octanol–water partition coefficient (Wildman–Crippen LogP) is 4.86. The van der Waals surface area contributed by atoms with Gasteiger partial charge in [-0.1, -0.05) is 78.3 Å². The van der Waals surface area contributed by atoms with Crippen LogP contribution in [-0.4, -0.2) is 27.0 Å². The molecule has 0 amide bonds. The highest BCUT2D eigenvalue weighted by atomic mass is 16.5. The van der Waals surface area contributed by atoms with Crippen LogP contribution in [0, 0.1) is 0 Å². The van der Waals surface area contributed by atoms with Gasteiger partial charge in [-0.05, 0) is 13.0 Å². The van der Waals surface area contributed by atoms with Gasteiger partial charge in [-0.3, -0.25) is 0 Å². The summed E-state index contributed by atoms with van der Waals surface area (Å²) in [5, 5.41) is 0. The van der Waals surface area contributed by atoms with Gasteiger partial charge >= 0.3 is 0 Å².